The van der Waals surface area contributed by atoms with Crippen molar-refractivity contribution in [2.75, 3.05) is 51.6 Å². The topological polar surface area (TPSA) is 128 Å². The molecule has 1 aliphatic heterocycles. The van der Waals surface area contributed by atoms with Crippen LogP contribution in [0, 0.1) is 5.41 Å². The Morgan fingerprint density at radius 2 is 1.51 bits per heavy atom. The van der Waals surface area contributed by atoms with E-state index in [4.69, 9.17) is 33.2 Å². The quantitative estimate of drug-likeness (QED) is 0.0557. The van der Waals surface area contributed by atoms with Crippen LogP contribution >= 0.6 is 0 Å². The first kappa shape index (κ1) is 35.1. The van der Waals surface area contributed by atoms with Gasteiger partial charge in [0.2, 0.25) is 0 Å². The average molecular weight is 648 g/mol. The first-order valence-corrected chi connectivity index (χ1v) is 15.5. The molecule has 4 rings (SSSR count). The highest BCUT2D eigenvalue weighted by atomic mass is 16.7. The molecule has 0 spiro atoms. The van der Waals surface area contributed by atoms with Crippen LogP contribution in [0.15, 0.2) is 85.5 Å². The minimum atomic E-state index is -0.518. The maximum atomic E-state index is 12.7. The lowest BCUT2D eigenvalue weighted by atomic mass is 9.90. The van der Waals surface area contributed by atoms with E-state index < -0.39 is 11.9 Å². The zero-order valence-electron chi connectivity index (χ0n) is 26.7. The number of amides is 1. The van der Waals surface area contributed by atoms with E-state index in [1.54, 1.807) is 72.8 Å². The molecular weight excluding hydrogens is 606 g/mol. The molecule has 0 aliphatic carbocycles. The molecular formula is C36H41NO10. The molecule has 0 radical (unpaired) electrons. The van der Waals surface area contributed by atoms with Gasteiger partial charge in [0.05, 0.1) is 38.6 Å². The summed E-state index contributed by atoms with van der Waals surface area (Å²) in [5.74, 6) is 0.195. The van der Waals surface area contributed by atoms with E-state index >= 15 is 0 Å². The predicted molar refractivity (Wildman–Crippen MR) is 174 cm³/mol. The number of carbonyl (C=O) groups excluding carboxylic acids is 3. The first-order valence-electron chi connectivity index (χ1n) is 15.5. The molecule has 1 aliphatic rings. The van der Waals surface area contributed by atoms with Gasteiger partial charge in [0.25, 0.3) is 5.91 Å². The molecule has 0 saturated carbocycles. The van der Waals surface area contributed by atoms with Crippen LogP contribution in [0.2, 0.25) is 0 Å². The van der Waals surface area contributed by atoms with Crippen LogP contribution in [0.5, 0.6) is 17.2 Å². The van der Waals surface area contributed by atoms with Gasteiger partial charge in [0, 0.05) is 29.2 Å². The van der Waals surface area contributed by atoms with Crippen LogP contribution in [0.4, 0.5) is 5.69 Å². The van der Waals surface area contributed by atoms with Gasteiger partial charge in [-0.15, -0.1) is 0 Å². The number of esters is 2. The smallest absolute Gasteiger partial charge is 0.343 e. The summed E-state index contributed by atoms with van der Waals surface area (Å²) in [5.41, 5.74) is 1.37. The van der Waals surface area contributed by atoms with Crippen molar-refractivity contribution in [1.29, 1.82) is 0 Å². The third-order valence-electron chi connectivity index (χ3n) is 6.97. The molecule has 1 amide bonds. The van der Waals surface area contributed by atoms with E-state index in [-0.39, 0.29) is 30.8 Å². The Morgan fingerprint density at radius 1 is 0.872 bits per heavy atom. The third-order valence-corrected chi connectivity index (χ3v) is 6.97. The van der Waals surface area contributed by atoms with Crippen molar-refractivity contribution in [3.05, 3.63) is 96.6 Å². The highest BCUT2D eigenvalue weighted by Gasteiger charge is 2.34. The van der Waals surface area contributed by atoms with Crippen molar-refractivity contribution in [1.82, 2.24) is 0 Å². The van der Waals surface area contributed by atoms with Crippen LogP contribution in [0.1, 0.15) is 47.4 Å². The number of hydrogen-bond acceptors (Lipinski definition) is 10. The Kier molecular flexibility index (Phi) is 13.3. The van der Waals surface area contributed by atoms with E-state index in [1.165, 1.54) is 0 Å². The summed E-state index contributed by atoms with van der Waals surface area (Å²) in [4.78, 5) is 36.4. The number of carbonyl (C=O) groups is 3. The number of anilines is 1. The lowest BCUT2D eigenvalue weighted by Crippen LogP contribution is -2.44. The summed E-state index contributed by atoms with van der Waals surface area (Å²) in [7, 11) is 0. The normalized spacial score (nSPS) is 13.8. The number of hydrogen-bond donors (Lipinski definition) is 1. The SMILES string of the molecule is C=CC(=O)OCCOCCOc1ccc(C(=O)Nc2ccc(OC(=O)c3ccc(OC(CCC)OCC4(C)COC4)cc3)cc2)cc1. The Hall–Kier alpha value is -4.71. The number of benzene rings is 3. The van der Waals surface area contributed by atoms with Gasteiger partial charge in [0.15, 0.2) is 6.29 Å². The van der Waals surface area contributed by atoms with E-state index in [2.05, 4.69) is 25.7 Å². The van der Waals surface area contributed by atoms with Crippen molar-refractivity contribution < 1.29 is 47.5 Å². The molecule has 0 bridgehead atoms. The molecule has 250 valence electrons. The standard InChI is InChI=1S/C36H41NO10/c1-4-6-33(45-25-36(3)23-42-24-36)46-30-15-9-27(10-16-30)35(40)47-31-17-11-28(12-18-31)37-34(39)26-7-13-29(14-8-26)43-21-19-41-20-22-44-32(38)5-2/h5,7-18,33H,2,4,6,19-25H2,1,3H3,(H,37,39). The second kappa shape index (κ2) is 17.8. The van der Waals surface area contributed by atoms with E-state index in [0.29, 0.717) is 67.1 Å². The monoisotopic (exact) mass is 647 g/mol. The summed E-state index contributed by atoms with van der Waals surface area (Å²) in [6, 6.07) is 19.9. The second-order valence-electron chi connectivity index (χ2n) is 11.2. The fourth-order valence-corrected chi connectivity index (χ4v) is 4.32. The van der Waals surface area contributed by atoms with Gasteiger partial charge in [-0.25, -0.2) is 9.59 Å². The van der Waals surface area contributed by atoms with E-state index in [0.717, 1.165) is 18.9 Å². The van der Waals surface area contributed by atoms with E-state index in [9.17, 15) is 14.4 Å². The minimum absolute atomic E-state index is 0.0287. The molecule has 1 unspecified atom stereocenters. The predicted octanol–water partition coefficient (Wildman–Crippen LogP) is 5.84. The molecule has 1 fully saturated rings. The summed E-state index contributed by atoms with van der Waals surface area (Å²) >= 11 is 0. The number of rotatable bonds is 19. The average Bonchev–Trinajstić information content (AvgIpc) is 3.07. The van der Waals surface area contributed by atoms with Crippen LogP contribution in [0.3, 0.4) is 0 Å². The van der Waals surface area contributed by atoms with Crippen molar-refractivity contribution in [2.45, 2.75) is 33.0 Å². The molecule has 3 aromatic rings. The highest BCUT2D eigenvalue weighted by Crippen LogP contribution is 2.28. The maximum absolute atomic E-state index is 12.7. The largest absolute Gasteiger partial charge is 0.491 e. The Balaban J connectivity index is 1.18. The number of ether oxygens (including phenoxy) is 7. The molecule has 1 atom stereocenters. The van der Waals surface area contributed by atoms with Crippen molar-refractivity contribution in [2.24, 2.45) is 5.41 Å². The fourth-order valence-electron chi connectivity index (χ4n) is 4.32. The van der Waals surface area contributed by atoms with Gasteiger partial charge in [-0.3, -0.25) is 4.79 Å². The second-order valence-corrected chi connectivity index (χ2v) is 11.2. The van der Waals surface area contributed by atoms with Crippen molar-refractivity contribution in [3.63, 3.8) is 0 Å². The number of nitrogens with one attached hydrogen (secondary N) is 1. The van der Waals surface area contributed by atoms with Crippen LogP contribution < -0.4 is 19.5 Å². The summed E-state index contributed by atoms with van der Waals surface area (Å²) in [5, 5.41) is 2.82. The Bertz CT molecular complexity index is 1450. The minimum Gasteiger partial charge on any atom is -0.491 e. The van der Waals surface area contributed by atoms with Gasteiger partial charge >= 0.3 is 11.9 Å². The Labute approximate surface area is 274 Å². The zero-order valence-corrected chi connectivity index (χ0v) is 26.7. The van der Waals surface area contributed by atoms with Gasteiger partial charge in [-0.1, -0.05) is 26.8 Å². The Morgan fingerprint density at radius 3 is 2.15 bits per heavy atom. The van der Waals surface area contributed by atoms with Gasteiger partial charge in [-0.05, 0) is 72.8 Å². The molecule has 1 heterocycles. The molecule has 1 saturated heterocycles. The lowest BCUT2D eigenvalue weighted by Gasteiger charge is -2.38. The van der Waals surface area contributed by atoms with Crippen LogP contribution in [-0.2, 0) is 23.7 Å². The van der Waals surface area contributed by atoms with Gasteiger partial charge < -0.3 is 38.5 Å². The fraction of sp³-hybridized carbons (Fsp3) is 0.361. The van der Waals surface area contributed by atoms with Gasteiger partial charge in [0.1, 0.15) is 30.5 Å². The zero-order chi connectivity index (χ0) is 33.5. The molecule has 1 N–H and O–H groups in total. The summed E-state index contributed by atoms with van der Waals surface area (Å²) < 4.78 is 38.6. The maximum Gasteiger partial charge on any atom is 0.343 e. The van der Waals surface area contributed by atoms with Crippen LogP contribution in [-0.4, -0.2) is 70.4 Å². The lowest BCUT2D eigenvalue weighted by molar-refractivity contribution is -0.179. The highest BCUT2D eigenvalue weighted by molar-refractivity contribution is 6.04. The van der Waals surface area contributed by atoms with Crippen LogP contribution in [0.25, 0.3) is 0 Å². The third kappa shape index (κ3) is 11.5. The molecule has 11 heteroatoms. The molecule has 0 aromatic heterocycles. The first-order chi connectivity index (χ1) is 22.8. The van der Waals surface area contributed by atoms with E-state index in [1.807, 2.05) is 0 Å². The molecule has 3 aromatic carbocycles. The molecule has 47 heavy (non-hydrogen) atoms. The van der Waals surface area contributed by atoms with Crippen molar-refractivity contribution in [3.8, 4) is 17.2 Å². The molecule has 11 nitrogen and oxygen atoms in total. The van der Waals surface area contributed by atoms with Gasteiger partial charge in [-0.2, -0.15) is 0 Å². The van der Waals surface area contributed by atoms with Crippen molar-refractivity contribution >= 4 is 23.5 Å². The summed E-state index contributed by atoms with van der Waals surface area (Å²) in [6.07, 6.45) is 2.37. The summed E-state index contributed by atoms with van der Waals surface area (Å²) in [6.45, 7) is 10.4.